The Labute approximate surface area is 130 Å². The largest absolute Gasteiger partial charge is 0.349 e. The minimum Gasteiger partial charge on any atom is -0.349 e. The van der Waals surface area contributed by atoms with Crippen LogP contribution in [0.4, 0.5) is 8.78 Å². The molecule has 0 aliphatic heterocycles. The van der Waals surface area contributed by atoms with Gasteiger partial charge in [0, 0.05) is 17.6 Å². The average Bonchev–Trinajstić information content (AvgIpc) is 2.32. The molecule has 1 atom stereocenters. The fourth-order valence-electron chi connectivity index (χ4n) is 2.32. The molecule has 3 nitrogen and oxygen atoms in total. The summed E-state index contributed by atoms with van der Waals surface area (Å²) in [4.78, 5) is 12.0. The van der Waals surface area contributed by atoms with Gasteiger partial charge in [-0.2, -0.15) is 0 Å². The maximum atomic E-state index is 13.5. The first kappa shape index (κ1) is 19.8. The molecule has 0 bridgehead atoms. The summed E-state index contributed by atoms with van der Waals surface area (Å²) in [6.45, 7) is 6.22. The molecule has 120 valence electrons. The smallest absolute Gasteiger partial charge is 0.224 e. The van der Waals surface area contributed by atoms with Crippen molar-refractivity contribution in [2.75, 3.05) is 6.54 Å². The van der Waals surface area contributed by atoms with Crippen LogP contribution in [0.25, 0.3) is 0 Å². The van der Waals surface area contributed by atoms with Gasteiger partial charge in [0.05, 0.1) is 6.42 Å². The molecule has 0 fully saturated rings. The van der Waals surface area contributed by atoms with Gasteiger partial charge in [-0.1, -0.05) is 13.8 Å². The second-order valence-electron chi connectivity index (χ2n) is 5.82. The summed E-state index contributed by atoms with van der Waals surface area (Å²) in [7, 11) is 0. The Morgan fingerprint density at radius 3 is 2.52 bits per heavy atom. The summed E-state index contributed by atoms with van der Waals surface area (Å²) in [5.74, 6) is -1.13. The number of hydrogen-bond donors (Lipinski definition) is 2. The van der Waals surface area contributed by atoms with Crippen molar-refractivity contribution in [2.45, 2.75) is 39.2 Å². The zero-order valence-electron chi connectivity index (χ0n) is 12.6. The van der Waals surface area contributed by atoms with Gasteiger partial charge in [0.1, 0.15) is 11.6 Å². The quantitative estimate of drug-likeness (QED) is 0.847. The van der Waals surface area contributed by atoms with Gasteiger partial charge in [-0.15, -0.1) is 12.4 Å². The van der Waals surface area contributed by atoms with Crippen LogP contribution in [0.5, 0.6) is 0 Å². The molecule has 0 heterocycles. The number of carbonyl (C=O) groups is 1. The van der Waals surface area contributed by atoms with E-state index in [0.29, 0.717) is 12.5 Å². The van der Waals surface area contributed by atoms with Crippen molar-refractivity contribution in [3.8, 4) is 0 Å². The molecule has 0 radical (unpaired) electrons. The lowest BCUT2D eigenvalue weighted by Crippen LogP contribution is -2.52. The highest BCUT2D eigenvalue weighted by molar-refractivity contribution is 5.85. The van der Waals surface area contributed by atoms with E-state index < -0.39 is 17.2 Å². The zero-order chi connectivity index (χ0) is 15.3. The number of hydrogen-bond acceptors (Lipinski definition) is 2. The van der Waals surface area contributed by atoms with E-state index in [4.69, 9.17) is 5.73 Å². The van der Waals surface area contributed by atoms with Crippen LogP contribution in [0.15, 0.2) is 18.2 Å². The summed E-state index contributed by atoms with van der Waals surface area (Å²) >= 11 is 0. The molecule has 6 heteroatoms. The standard InChI is InChI=1S/C15H22F2N2O.ClH/c1-10(2)8-15(3,9-18)19-14(20)7-11-6-12(16)4-5-13(11)17;/h4-6,10H,7-9,18H2,1-3H3,(H,19,20);1H. The van der Waals surface area contributed by atoms with Gasteiger partial charge < -0.3 is 11.1 Å². The lowest BCUT2D eigenvalue weighted by molar-refractivity contribution is -0.122. The van der Waals surface area contributed by atoms with Crippen LogP contribution in [-0.4, -0.2) is 18.0 Å². The van der Waals surface area contributed by atoms with Gasteiger partial charge in [0.15, 0.2) is 0 Å². The number of nitrogens with one attached hydrogen (secondary N) is 1. The first-order valence-corrected chi connectivity index (χ1v) is 6.71. The molecule has 1 unspecified atom stereocenters. The number of halogens is 3. The van der Waals surface area contributed by atoms with Crippen LogP contribution >= 0.6 is 12.4 Å². The van der Waals surface area contributed by atoms with Crippen molar-refractivity contribution in [1.82, 2.24) is 5.32 Å². The molecule has 1 aromatic carbocycles. The SMILES string of the molecule is CC(C)CC(C)(CN)NC(=O)Cc1cc(F)ccc1F.Cl. The van der Waals surface area contributed by atoms with Gasteiger partial charge in [-0.05, 0) is 37.5 Å². The van der Waals surface area contributed by atoms with Crippen molar-refractivity contribution in [3.63, 3.8) is 0 Å². The molecule has 1 amide bonds. The van der Waals surface area contributed by atoms with Crippen molar-refractivity contribution >= 4 is 18.3 Å². The highest BCUT2D eigenvalue weighted by Gasteiger charge is 2.26. The Balaban J connectivity index is 0.00000400. The average molecular weight is 321 g/mol. The first-order valence-electron chi connectivity index (χ1n) is 6.71. The summed E-state index contributed by atoms with van der Waals surface area (Å²) in [6.07, 6.45) is 0.526. The number of rotatable bonds is 6. The van der Waals surface area contributed by atoms with Crippen molar-refractivity contribution in [1.29, 1.82) is 0 Å². The zero-order valence-corrected chi connectivity index (χ0v) is 13.4. The maximum Gasteiger partial charge on any atom is 0.224 e. The van der Waals surface area contributed by atoms with E-state index >= 15 is 0 Å². The normalized spacial score (nSPS) is 13.5. The fraction of sp³-hybridized carbons (Fsp3) is 0.533. The predicted octanol–water partition coefficient (Wildman–Crippen LogP) is 2.81. The highest BCUT2D eigenvalue weighted by Crippen LogP contribution is 2.16. The van der Waals surface area contributed by atoms with Gasteiger partial charge in [-0.3, -0.25) is 4.79 Å². The molecule has 1 rings (SSSR count). The van der Waals surface area contributed by atoms with E-state index in [-0.39, 0.29) is 30.3 Å². The molecular formula is C15H23ClF2N2O. The molecule has 0 aliphatic rings. The van der Waals surface area contributed by atoms with Gasteiger partial charge in [0.2, 0.25) is 5.91 Å². The molecule has 0 aromatic heterocycles. The molecule has 0 aliphatic carbocycles. The first-order chi connectivity index (χ1) is 9.25. The van der Waals surface area contributed by atoms with E-state index in [9.17, 15) is 13.6 Å². The van der Waals surface area contributed by atoms with Gasteiger partial charge >= 0.3 is 0 Å². The topological polar surface area (TPSA) is 55.1 Å². The molecule has 0 saturated heterocycles. The lowest BCUT2D eigenvalue weighted by Gasteiger charge is -2.31. The summed E-state index contributed by atoms with van der Waals surface area (Å²) in [5, 5.41) is 2.82. The van der Waals surface area contributed by atoms with Crippen molar-refractivity contribution in [2.24, 2.45) is 11.7 Å². The molecule has 1 aromatic rings. The van der Waals surface area contributed by atoms with Crippen molar-refractivity contribution in [3.05, 3.63) is 35.4 Å². The molecule has 3 N–H and O–H groups in total. The van der Waals surface area contributed by atoms with E-state index in [0.717, 1.165) is 24.6 Å². The number of carbonyl (C=O) groups excluding carboxylic acids is 1. The number of nitrogens with two attached hydrogens (primary N) is 1. The number of benzene rings is 1. The molecule has 0 saturated carbocycles. The van der Waals surface area contributed by atoms with Crippen LogP contribution < -0.4 is 11.1 Å². The van der Waals surface area contributed by atoms with E-state index in [1.165, 1.54) is 0 Å². The molecular weight excluding hydrogens is 298 g/mol. The van der Waals surface area contributed by atoms with Crippen LogP contribution in [0.1, 0.15) is 32.8 Å². The lowest BCUT2D eigenvalue weighted by atomic mass is 9.90. The molecule has 0 spiro atoms. The Morgan fingerprint density at radius 2 is 2.00 bits per heavy atom. The van der Waals surface area contributed by atoms with Gasteiger partial charge in [-0.25, -0.2) is 8.78 Å². The Hall–Kier alpha value is -1.20. The monoisotopic (exact) mass is 320 g/mol. The third-order valence-electron chi connectivity index (χ3n) is 3.11. The summed E-state index contributed by atoms with van der Waals surface area (Å²) in [5.41, 5.74) is 5.22. The van der Waals surface area contributed by atoms with Crippen molar-refractivity contribution < 1.29 is 13.6 Å². The Bertz CT molecular complexity index is 483. The fourth-order valence-corrected chi connectivity index (χ4v) is 2.32. The predicted molar refractivity (Wildman–Crippen MR) is 82.4 cm³/mol. The van der Waals surface area contributed by atoms with Crippen LogP contribution in [0, 0.1) is 17.6 Å². The summed E-state index contributed by atoms with van der Waals surface area (Å²) in [6, 6.07) is 3.09. The third kappa shape index (κ3) is 6.40. The second kappa shape index (κ2) is 8.29. The van der Waals surface area contributed by atoms with E-state index in [1.54, 1.807) is 0 Å². The van der Waals surface area contributed by atoms with Crippen LogP contribution in [0.2, 0.25) is 0 Å². The van der Waals surface area contributed by atoms with Crippen LogP contribution in [-0.2, 0) is 11.2 Å². The highest BCUT2D eigenvalue weighted by atomic mass is 35.5. The minimum atomic E-state index is -0.583. The Morgan fingerprint density at radius 1 is 1.38 bits per heavy atom. The van der Waals surface area contributed by atoms with E-state index in [1.807, 2.05) is 20.8 Å². The Kier molecular flexibility index (Phi) is 7.82. The van der Waals surface area contributed by atoms with Gasteiger partial charge in [0.25, 0.3) is 0 Å². The van der Waals surface area contributed by atoms with Crippen LogP contribution in [0.3, 0.4) is 0 Å². The maximum absolute atomic E-state index is 13.5. The third-order valence-corrected chi connectivity index (χ3v) is 3.11. The second-order valence-corrected chi connectivity index (χ2v) is 5.82. The number of amides is 1. The minimum absolute atomic E-state index is 0. The summed E-state index contributed by atoms with van der Waals surface area (Å²) < 4.78 is 26.5. The molecule has 21 heavy (non-hydrogen) atoms. The van der Waals surface area contributed by atoms with E-state index in [2.05, 4.69) is 5.32 Å².